The highest BCUT2D eigenvalue weighted by Gasteiger charge is 2.19. The molecular formula is C12H17FN4S+2. The second-order valence-electron chi connectivity index (χ2n) is 4.20. The Morgan fingerprint density at radius 3 is 2.94 bits per heavy atom. The fourth-order valence-corrected chi connectivity index (χ4v) is 2.76. The average Bonchev–Trinajstić information content (AvgIpc) is 2.66. The molecule has 0 fully saturated rings. The van der Waals surface area contributed by atoms with Crippen LogP contribution >= 0.6 is 11.3 Å². The third kappa shape index (κ3) is 2.64. The number of nitrogens with zero attached hydrogens (tertiary/aromatic N) is 2. The molecule has 0 saturated heterocycles. The number of nitrogen functional groups attached to an aromatic ring is 1. The van der Waals surface area contributed by atoms with E-state index in [1.54, 1.807) is 11.3 Å². The van der Waals surface area contributed by atoms with E-state index < -0.39 is 0 Å². The summed E-state index contributed by atoms with van der Waals surface area (Å²) in [5.74, 6) is 1.33. The van der Waals surface area contributed by atoms with Gasteiger partial charge in [0, 0.05) is 20.3 Å². The summed E-state index contributed by atoms with van der Waals surface area (Å²) in [5, 5.41) is 0. The largest absolute Gasteiger partial charge is 0.362 e. The summed E-state index contributed by atoms with van der Waals surface area (Å²) in [7, 11) is 0. The normalized spacial score (nSPS) is 10.8. The van der Waals surface area contributed by atoms with Gasteiger partial charge >= 0.3 is 0 Å². The standard InChI is InChI=1S/C12H16FN4S/c1-8-11(3-4-13)18-7-17(8)6-10-5-15-9(2)16-12(10)14/h5,7H,3-4,6H2,1-2H3,(H2,14,15,16)/q+1/p+1. The topological polar surface area (TPSA) is 56.9 Å². The Balaban J connectivity index is 2.23. The van der Waals surface area contributed by atoms with Gasteiger partial charge in [-0.3, -0.25) is 4.39 Å². The molecule has 0 aromatic carbocycles. The fourth-order valence-electron chi connectivity index (χ4n) is 1.79. The predicted octanol–water partition coefficient (Wildman–Crippen LogP) is 1.00. The first-order valence-electron chi connectivity index (χ1n) is 5.78. The number of anilines is 1. The van der Waals surface area contributed by atoms with Gasteiger partial charge in [-0.25, -0.2) is 4.98 Å². The van der Waals surface area contributed by atoms with Crippen molar-refractivity contribution in [2.75, 3.05) is 12.4 Å². The number of nitrogens with one attached hydrogen (secondary N) is 1. The third-order valence-electron chi connectivity index (χ3n) is 2.89. The zero-order chi connectivity index (χ0) is 13.1. The smallest absolute Gasteiger partial charge is 0.295 e. The molecule has 6 heteroatoms. The Hall–Kier alpha value is -1.56. The van der Waals surface area contributed by atoms with Crippen molar-refractivity contribution in [3.05, 3.63) is 33.7 Å². The number of halogens is 1. The van der Waals surface area contributed by atoms with Gasteiger partial charge in [-0.15, -0.1) is 0 Å². The molecule has 4 nitrogen and oxygen atoms in total. The van der Waals surface area contributed by atoms with Crippen molar-refractivity contribution in [3.63, 3.8) is 0 Å². The summed E-state index contributed by atoms with van der Waals surface area (Å²) in [5.41, 5.74) is 9.92. The SMILES string of the molecule is Cc1nc(N)c(C[n+]2csc(CCF)c2C)c[nH+]1. The van der Waals surface area contributed by atoms with Gasteiger partial charge < -0.3 is 5.73 Å². The number of thiazole rings is 1. The fraction of sp³-hybridized carbons (Fsp3) is 0.417. The van der Waals surface area contributed by atoms with Crippen LogP contribution in [0, 0.1) is 13.8 Å². The summed E-state index contributed by atoms with van der Waals surface area (Å²) in [6, 6.07) is 0. The highest BCUT2D eigenvalue weighted by molar-refractivity contribution is 7.09. The summed E-state index contributed by atoms with van der Waals surface area (Å²) >= 11 is 1.58. The maximum Gasteiger partial charge on any atom is 0.295 e. The number of aromatic nitrogens is 3. The zero-order valence-electron chi connectivity index (χ0n) is 10.5. The average molecular weight is 268 g/mol. The number of hydrogen-bond donors (Lipinski definition) is 1. The zero-order valence-corrected chi connectivity index (χ0v) is 11.4. The van der Waals surface area contributed by atoms with Gasteiger partial charge in [0.2, 0.25) is 5.51 Å². The number of hydrogen-bond acceptors (Lipinski definition) is 3. The van der Waals surface area contributed by atoms with Crippen LogP contribution in [-0.2, 0) is 13.0 Å². The molecular weight excluding hydrogens is 251 g/mol. The van der Waals surface area contributed by atoms with Gasteiger partial charge in [-0.1, -0.05) is 11.3 Å². The molecule has 0 unspecified atom stereocenters. The van der Waals surface area contributed by atoms with E-state index in [1.807, 2.05) is 25.6 Å². The first-order valence-corrected chi connectivity index (χ1v) is 6.66. The quantitative estimate of drug-likeness (QED) is 0.841. The minimum atomic E-state index is -0.316. The molecule has 0 aliphatic rings. The molecule has 0 aliphatic carbocycles. The van der Waals surface area contributed by atoms with Crippen LogP contribution in [0.4, 0.5) is 10.2 Å². The van der Waals surface area contributed by atoms with E-state index in [9.17, 15) is 4.39 Å². The van der Waals surface area contributed by atoms with Gasteiger partial charge in [-0.2, -0.15) is 4.57 Å². The Morgan fingerprint density at radius 1 is 1.50 bits per heavy atom. The van der Waals surface area contributed by atoms with Crippen molar-refractivity contribution in [1.82, 2.24) is 4.98 Å². The molecule has 0 radical (unpaired) electrons. The van der Waals surface area contributed by atoms with Crippen LogP contribution in [0.5, 0.6) is 0 Å². The molecule has 2 aromatic rings. The second kappa shape index (κ2) is 5.39. The first-order chi connectivity index (χ1) is 8.61. The van der Waals surface area contributed by atoms with E-state index in [0.717, 1.165) is 22.0 Å². The molecule has 0 atom stereocenters. The maximum absolute atomic E-state index is 12.4. The lowest BCUT2D eigenvalue weighted by molar-refractivity contribution is -0.690. The summed E-state index contributed by atoms with van der Waals surface area (Å²) < 4.78 is 14.4. The van der Waals surface area contributed by atoms with Crippen LogP contribution in [0.1, 0.15) is 22.0 Å². The number of alkyl halides is 1. The van der Waals surface area contributed by atoms with Crippen LogP contribution in [0.15, 0.2) is 11.7 Å². The monoisotopic (exact) mass is 268 g/mol. The maximum atomic E-state index is 12.4. The van der Waals surface area contributed by atoms with Crippen LogP contribution in [0.3, 0.4) is 0 Å². The lowest BCUT2D eigenvalue weighted by Crippen LogP contribution is -2.36. The van der Waals surface area contributed by atoms with Gasteiger partial charge in [0.25, 0.3) is 11.6 Å². The third-order valence-corrected chi connectivity index (χ3v) is 4.04. The van der Waals surface area contributed by atoms with Gasteiger partial charge in [-0.05, 0) is 4.98 Å². The Kier molecular flexibility index (Phi) is 3.86. The summed E-state index contributed by atoms with van der Waals surface area (Å²) in [4.78, 5) is 8.33. The van der Waals surface area contributed by atoms with E-state index in [1.165, 1.54) is 0 Å². The minimum absolute atomic E-state index is 0.316. The molecule has 0 saturated carbocycles. The van der Waals surface area contributed by atoms with Crippen molar-refractivity contribution in [3.8, 4) is 0 Å². The molecule has 96 valence electrons. The number of H-pyrrole nitrogens is 1. The Labute approximate surface area is 109 Å². The molecule has 0 aliphatic heterocycles. The van der Waals surface area contributed by atoms with Gasteiger partial charge in [0.15, 0.2) is 12.2 Å². The highest BCUT2D eigenvalue weighted by Crippen LogP contribution is 2.13. The molecule has 3 N–H and O–H groups in total. The minimum Gasteiger partial charge on any atom is -0.362 e. The van der Waals surface area contributed by atoms with Crippen molar-refractivity contribution < 1.29 is 13.9 Å². The summed E-state index contributed by atoms with van der Waals surface area (Å²) in [6.45, 7) is 4.21. The lowest BCUT2D eigenvalue weighted by Gasteiger charge is -1.97. The summed E-state index contributed by atoms with van der Waals surface area (Å²) in [6.07, 6.45) is 2.36. The van der Waals surface area contributed by atoms with E-state index in [-0.39, 0.29) is 6.67 Å². The van der Waals surface area contributed by atoms with Crippen molar-refractivity contribution in [2.24, 2.45) is 0 Å². The lowest BCUT2D eigenvalue weighted by atomic mass is 10.2. The molecule has 2 aromatic heterocycles. The van der Waals surface area contributed by atoms with Crippen molar-refractivity contribution >= 4 is 17.2 Å². The number of aryl methyl sites for hydroxylation is 2. The van der Waals surface area contributed by atoms with Crippen molar-refractivity contribution in [1.29, 1.82) is 0 Å². The molecule has 0 amide bonds. The first kappa shape index (κ1) is 12.9. The van der Waals surface area contributed by atoms with Gasteiger partial charge in [0.05, 0.1) is 11.6 Å². The number of nitrogens with two attached hydrogens (primary N) is 1. The predicted molar refractivity (Wildman–Crippen MR) is 68.0 cm³/mol. The Morgan fingerprint density at radius 2 is 2.28 bits per heavy atom. The number of rotatable bonds is 4. The molecule has 18 heavy (non-hydrogen) atoms. The van der Waals surface area contributed by atoms with Crippen molar-refractivity contribution in [2.45, 2.75) is 26.8 Å². The van der Waals surface area contributed by atoms with Crippen LogP contribution in [0.2, 0.25) is 0 Å². The van der Waals surface area contributed by atoms with Crippen LogP contribution in [0.25, 0.3) is 0 Å². The van der Waals surface area contributed by atoms with E-state index in [0.29, 0.717) is 18.8 Å². The molecule has 0 spiro atoms. The highest BCUT2D eigenvalue weighted by atomic mass is 32.1. The number of aromatic amines is 1. The van der Waals surface area contributed by atoms with Gasteiger partial charge in [0.1, 0.15) is 11.8 Å². The van der Waals surface area contributed by atoms with E-state index in [4.69, 9.17) is 5.73 Å². The molecule has 0 bridgehead atoms. The second-order valence-corrected chi connectivity index (χ2v) is 5.13. The molecule has 2 rings (SSSR count). The van der Waals surface area contributed by atoms with Crippen LogP contribution < -0.4 is 15.3 Å². The Bertz CT molecular complexity index is 553. The van der Waals surface area contributed by atoms with E-state index >= 15 is 0 Å². The molecule has 2 heterocycles. The van der Waals surface area contributed by atoms with E-state index in [2.05, 4.69) is 14.5 Å². The van der Waals surface area contributed by atoms with Crippen LogP contribution in [-0.4, -0.2) is 11.7 Å².